The lowest BCUT2D eigenvalue weighted by atomic mass is 10.2. The first-order valence-electron chi connectivity index (χ1n) is 6.23. The fraction of sp³-hybridized carbons (Fsp3) is 0.417. The molecule has 3 rings (SSSR count). The van der Waals surface area contributed by atoms with E-state index < -0.39 is 14.3 Å². The van der Waals surface area contributed by atoms with Crippen molar-refractivity contribution in [3.8, 4) is 0 Å². The van der Waals surface area contributed by atoms with Crippen molar-refractivity contribution < 1.29 is 13.2 Å². The van der Waals surface area contributed by atoms with Gasteiger partial charge in [-0.05, 0) is 19.4 Å². The summed E-state index contributed by atoms with van der Waals surface area (Å²) in [6.45, 7) is 3.95. The Labute approximate surface area is 130 Å². The Hall–Kier alpha value is -1.25. The first-order valence-corrected chi connectivity index (χ1v) is 9.42. The number of thiophene rings is 1. The van der Waals surface area contributed by atoms with E-state index in [1.807, 2.05) is 13.8 Å². The van der Waals surface area contributed by atoms with Crippen LogP contribution in [0.25, 0.3) is 10.2 Å². The molecule has 112 valence electrons. The summed E-state index contributed by atoms with van der Waals surface area (Å²) in [5, 5.41) is -0.0855. The Morgan fingerprint density at radius 2 is 2.10 bits per heavy atom. The summed E-state index contributed by atoms with van der Waals surface area (Å²) in [6.07, 6.45) is 1.28. The van der Waals surface area contributed by atoms with E-state index in [9.17, 15) is 13.2 Å². The van der Waals surface area contributed by atoms with E-state index in [0.29, 0.717) is 5.82 Å². The van der Waals surface area contributed by atoms with Crippen LogP contribution in [-0.2, 0) is 13.8 Å². The van der Waals surface area contributed by atoms with Crippen molar-refractivity contribution in [3.63, 3.8) is 0 Å². The first-order chi connectivity index (χ1) is 9.79. The normalized spacial score (nSPS) is 19.7. The van der Waals surface area contributed by atoms with Gasteiger partial charge >= 0.3 is 0 Å². The van der Waals surface area contributed by atoms with Crippen LogP contribution >= 0.6 is 22.0 Å². The number of aryl methyl sites for hydroxylation is 2. The summed E-state index contributed by atoms with van der Waals surface area (Å²) in [5.41, 5.74) is 1.01. The number of nitrogens with zero attached hydrogens (tertiary/aromatic N) is 3. The standard InChI is InChI=1S/C12H12ClN3O3S2/c1-6-7(2)20-12-10(6)11(14-5-15-12)16-4-8(3-9(16)17)21(13,18)19/h5,8H,3-4H2,1-2H3. The molecule has 0 saturated carbocycles. The molecule has 1 fully saturated rings. The van der Waals surface area contributed by atoms with E-state index in [1.165, 1.54) is 22.6 Å². The van der Waals surface area contributed by atoms with Crippen LogP contribution in [0, 0.1) is 13.8 Å². The van der Waals surface area contributed by atoms with Crippen LogP contribution in [0.5, 0.6) is 0 Å². The second-order valence-corrected chi connectivity index (χ2v) is 9.08. The molecule has 1 amide bonds. The summed E-state index contributed by atoms with van der Waals surface area (Å²) in [5.74, 6) is 0.183. The van der Waals surface area contributed by atoms with Crippen LogP contribution in [0.4, 0.5) is 5.82 Å². The maximum Gasteiger partial charge on any atom is 0.237 e. The molecule has 2 aromatic rings. The molecule has 0 bridgehead atoms. The van der Waals surface area contributed by atoms with E-state index in [4.69, 9.17) is 10.7 Å². The molecule has 9 heteroatoms. The Kier molecular flexibility index (Phi) is 3.42. The van der Waals surface area contributed by atoms with Gasteiger partial charge in [0.2, 0.25) is 15.0 Å². The number of fused-ring (bicyclic) bond motifs is 1. The number of aromatic nitrogens is 2. The summed E-state index contributed by atoms with van der Waals surface area (Å²) in [6, 6.07) is 0. The lowest BCUT2D eigenvalue weighted by Crippen LogP contribution is -2.27. The number of carbonyl (C=O) groups excluding carboxylic acids is 1. The number of hydrogen-bond acceptors (Lipinski definition) is 6. The van der Waals surface area contributed by atoms with Crippen LogP contribution in [-0.4, -0.2) is 36.1 Å². The lowest BCUT2D eigenvalue weighted by Gasteiger charge is -2.16. The van der Waals surface area contributed by atoms with Crippen molar-refractivity contribution in [3.05, 3.63) is 16.8 Å². The van der Waals surface area contributed by atoms with Crippen molar-refractivity contribution in [1.29, 1.82) is 0 Å². The van der Waals surface area contributed by atoms with Gasteiger partial charge in [-0.2, -0.15) is 0 Å². The van der Waals surface area contributed by atoms with Crippen molar-refractivity contribution in [2.24, 2.45) is 0 Å². The number of rotatable bonds is 2. The molecule has 0 spiro atoms. The zero-order valence-corrected chi connectivity index (χ0v) is 13.7. The predicted molar refractivity (Wildman–Crippen MR) is 82.4 cm³/mol. The summed E-state index contributed by atoms with van der Waals surface area (Å²) in [7, 11) is 1.61. The second-order valence-electron chi connectivity index (χ2n) is 4.97. The zero-order chi connectivity index (χ0) is 15.4. The number of carbonyl (C=O) groups is 1. The van der Waals surface area contributed by atoms with Crippen LogP contribution < -0.4 is 4.90 Å². The Morgan fingerprint density at radius 1 is 1.38 bits per heavy atom. The molecule has 6 nitrogen and oxygen atoms in total. The number of halogens is 1. The average Bonchev–Trinajstić information content (AvgIpc) is 2.91. The molecule has 1 aliphatic heterocycles. The Balaban J connectivity index is 2.11. The number of amides is 1. The Bertz CT molecular complexity index is 847. The van der Waals surface area contributed by atoms with Crippen molar-refractivity contribution >= 4 is 53.0 Å². The Morgan fingerprint density at radius 3 is 2.71 bits per heavy atom. The van der Waals surface area contributed by atoms with E-state index in [1.54, 1.807) is 0 Å². The minimum atomic E-state index is -3.77. The molecule has 1 unspecified atom stereocenters. The average molecular weight is 346 g/mol. The first kappa shape index (κ1) is 14.7. The summed E-state index contributed by atoms with van der Waals surface area (Å²) < 4.78 is 22.9. The van der Waals surface area contributed by atoms with Gasteiger partial charge in [0, 0.05) is 28.5 Å². The third-order valence-corrected chi connectivity index (χ3v) is 6.67. The molecule has 2 aromatic heterocycles. The highest BCUT2D eigenvalue weighted by Gasteiger charge is 2.39. The lowest BCUT2D eigenvalue weighted by molar-refractivity contribution is -0.117. The number of anilines is 1. The van der Waals surface area contributed by atoms with E-state index in [2.05, 4.69) is 9.97 Å². The van der Waals surface area contributed by atoms with Crippen molar-refractivity contribution in [2.75, 3.05) is 11.4 Å². The van der Waals surface area contributed by atoms with Crippen LogP contribution in [0.2, 0.25) is 0 Å². The summed E-state index contributed by atoms with van der Waals surface area (Å²) in [4.78, 5) is 23.8. The minimum Gasteiger partial charge on any atom is -0.295 e. The largest absolute Gasteiger partial charge is 0.295 e. The molecule has 0 aromatic carbocycles. The quantitative estimate of drug-likeness (QED) is 0.777. The second kappa shape index (κ2) is 4.89. The molecule has 1 atom stereocenters. The maximum atomic E-state index is 12.1. The van der Waals surface area contributed by atoms with Gasteiger partial charge in [0.15, 0.2) is 0 Å². The topological polar surface area (TPSA) is 80.2 Å². The van der Waals surface area contributed by atoms with Gasteiger partial charge in [-0.25, -0.2) is 18.4 Å². The fourth-order valence-electron chi connectivity index (χ4n) is 2.44. The van der Waals surface area contributed by atoms with Gasteiger partial charge in [-0.3, -0.25) is 9.69 Å². The van der Waals surface area contributed by atoms with Gasteiger partial charge in [0.1, 0.15) is 22.2 Å². The minimum absolute atomic E-state index is 0.0329. The maximum absolute atomic E-state index is 12.1. The van der Waals surface area contributed by atoms with Gasteiger partial charge in [-0.1, -0.05) is 0 Å². The van der Waals surface area contributed by atoms with Crippen molar-refractivity contribution in [1.82, 2.24) is 9.97 Å². The molecule has 1 aliphatic rings. The fourth-order valence-corrected chi connectivity index (χ4v) is 4.45. The third kappa shape index (κ3) is 2.41. The van der Waals surface area contributed by atoms with Gasteiger partial charge in [0.25, 0.3) is 0 Å². The molecule has 21 heavy (non-hydrogen) atoms. The van der Waals surface area contributed by atoms with Gasteiger partial charge in [-0.15, -0.1) is 11.3 Å². The highest BCUT2D eigenvalue weighted by molar-refractivity contribution is 8.14. The van der Waals surface area contributed by atoms with E-state index in [-0.39, 0.29) is 18.9 Å². The van der Waals surface area contributed by atoms with Crippen LogP contribution in [0.15, 0.2) is 6.33 Å². The highest BCUT2D eigenvalue weighted by atomic mass is 35.7. The molecule has 1 saturated heterocycles. The van der Waals surface area contributed by atoms with E-state index >= 15 is 0 Å². The van der Waals surface area contributed by atoms with Gasteiger partial charge in [0.05, 0.1) is 5.39 Å². The molecular formula is C12H12ClN3O3S2. The zero-order valence-electron chi connectivity index (χ0n) is 11.3. The summed E-state index contributed by atoms with van der Waals surface area (Å²) >= 11 is 1.53. The molecule has 0 aliphatic carbocycles. The SMILES string of the molecule is Cc1sc2ncnc(N3CC(S(=O)(=O)Cl)CC3=O)c2c1C. The molecule has 3 heterocycles. The van der Waals surface area contributed by atoms with E-state index in [0.717, 1.165) is 20.7 Å². The molecule has 0 radical (unpaired) electrons. The highest BCUT2D eigenvalue weighted by Crippen LogP contribution is 2.36. The van der Waals surface area contributed by atoms with Crippen LogP contribution in [0.1, 0.15) is 16.9 Å². The molecule has 0 N–H and O–H groups in total. The third-order valence-electron chi connectivity index (χ3n) is 3.69. The predicted octanol–water partition coefficient (Wildman–Crippen LogP) is 1.98. The smallest absolute Gasteiger partial charge is 0.237 e. The number of hydrogen-bond donors (Lipinski definition) is 0. The van der Waals surface area contributed by atoms with Gasteiger partial charge < -0.3 is 0 Å². The monoisotopic (exact) mass is 345 g/mol. The molecular weight excluding hydrogens is 334 g/mol. The van der Waals surface area contributed by atoms with Crippen LogP contribution in [0.3, 0.4) is 0 Å². The van der Waals surface area contributed by atoms with Crippen molar-refractivity contribution in [2.45, 2.75) is 25.5 Å².